The lowest BCUT2D eigenvalue weighted by Crippen LogP contribution is -2.32. The van der Waals surface area contributed by atoms with Crippen molar-refractivity contribution in [2.45, 2.75) is 25.7 Å². The van der Waals surface area contributed by atoms with Crippen LogP contribution in [0.5, 0.6) is 0 Å². The molecule has 0 aromatic heterocycles. The summed E-state index contributed by atoms with van der Waals surface area (Å²) in [6.45, 7) is 1.11. The maximum absolute atomic E-state index is 11.7. The molecule has 0 N–H and O–H groups in total. The molecule has 0 spiro atoms. The first-order chi connectivity index (χ1) is 6.77. The highest BCUT2D eigenvalue weighted by Crippen LogP contribution is 2.26. The van der Waals surface area contributed by atoms with Gasteiger partial charge in [-0.15, -0.1) is 0 Å². The average molecular weight is 213 g/mol. The van der Waals surface area contributed by atoms with Gasteiger partial charge in [-0.25, -0.2) is 0 Å². The highest BCUT2D eigenvalue weighted by molar-refractivity contribution is 8.13. The SMILES string of the molecule is O=C(CN1CCSC1=O)C1CCCC1. The van der Waals surface area contributed by atoms with Crippen molar-refractivity contribution in [3.05, 3.63) is 0 Å². The number of ketones is 1. The van der Waals surface area contributed by atoms with Gasteiger partial charge in [0.1, 0.15) is 0 Å². The van der Waals surface area contributed by atoms with Crippen LogP contribution in [0, 0.1) is 5.92 Å². The van der Waals surface area contributed by atoms with Crippen LogP contribution >= 0.6 is 11.8 Å². The van der Waals surface area contributed by atoms with Crippen molar-refractivity contribution >= 4 is 22.8 Å². The summed E-state index contributed by atoms with van der Waals surface area (Å²) < 4.78 is 0. The van der Waals surface area contributed by atoms with E-state index >= 15 is 0 Å². The highest BCUT2D eigenvalue weighted by atomic mass is 32.2. The smallest absolute Gasteiger partial charge is 0.282 e. The minimum Gasteiger partial charge on any atom is -0.325 e. The number of nitrogens with zero attached hydrogens (tertiary/aromatic N) is 1. The lowest BCUT2D eigenvalue weighted by Gasteiger charge is -2.15. The number of Topliss-reactive ketones (excluding diaryl/α,β-unsaturated/α-hetero) is 1. The summed E-state index contributed by atoms with van der Waals surface area (Å²) in [6.07, 6.45) is 4.43. The van der Waals surface area contributed by atoms with E-state index in [1.807, 2.05) is 0 Å². The number of rotatable bonds is 3. The Balaban J connectivity index is 1.84. The van der Waals surface area contributed by atoms with Crippen LogP contribution in [0.3, 0.4) is 0 Å². The Morgan fingerprint density at radius 3 is 2.71 bits per heavy atom. The Labute approximate surface area is 88.2 Å². The first kappa shape index (κ1) is 10.0. The molecule has 0 radical (unpaired) electrons. The molecule has 1 aliphatic heterocycles. The van der Waals surface area contributed by atoms with E-state index in [0.717, 1.165) is 25.1 Å². The fraction of sp³-hybridized carbons (Fsp3) is 0.800. The van der Waals surface area contributed by atoms with Gasteiger partial charge in [-0.2, -0.15) is 0 Å². The second-order valence-corrected chi connectivity index (χ2v) is 5.03. The third-order valence-corrected chi connectivity index (χ3v) is 3.89. The molecule has 3 nitrogen and oxygen atoms in total. The Morgan fingerprint density at radius 1 is 1.43 bits per heavy atom. The second-order valence-electron chi connectivity index (χ2n) is 3.98. The van der Waals surface area contributed by atoms with Crippen LogP contribution in [0.2, 0.25) is 0 Å². The zero-order valence-electron chi connectivity index (χ0n) is 8.20. The molecule has 0 bridgehead atoms. The van der Waals surface area contributed by atoms with Crippen LogP contribution in [-0.2, 0) is 4.79 Å². The van der Waals surface area contributed by atoms with E-state index < -0.39 is 0 Å². The lowest BCUT2D eigenvalue weighted by molar-refractivity contribution is -0.123. The summed E-state index contributed by atoms with van der Waals surface area (Å²) in [5.41, 5.74) is 0. The standard InChI is InChI=1S/C10H15NO2S/c12-9(8-3-1-2-4-8)7-11-5-6-14-10(11)13/h8H,1-7H2. The van der Waals surface area contributed by atoms with Crippen molar-refractivity contribution in [2.75, 3.05) is 18.8 Å². The molecular formula is C10H15NO2S. The number of amides is 1. The number of hydrogen-bond donors (Lipinski definition) is 0. The highest BCUT2D eigenvalue weighted by Gasteiger charge is 2.28. The molecule has 78 valence electrons. The molecule has 1 aliphatic carbocycles. The average Bonchev–Trinajstić information content (AvgIpc) is 2.77. The Bertz CT molecular complexity index is 249. The number of carbonyl (C=O) groups is 2. The van der Waals surface area contributed by atoms with E-state index in [-0.39, 0.29) is 16.9 Å². The molecule has 2 fully saturated rings. The number of hydrogen-bond acceptors (Lipinski definition) is 3. The van der Waals surface area contributed by atoms with Gasteiger partial charge in [-0.3, -0.25) is 9.59 Å². The van der Waals surface area contributed by atoms with Crippen molar-refractivity contribution in [3.63, 3.8) is 0 Å². The summed E-state index contributed by atoms with van der Waals surface area (Å²) in [5.74, 6) is 1.36. The first-order valence-electron chi connectivity index (χ1n) is 5.22. The van der Waals surface area contributed by atoms with Gasteiger partial charge in [0.25, 0.3) is 5.24 Å². The zero-order chi connectivity index (χ0) is 9.97. The molecule has 0 aromatic carbocycles. The molecule has 0 aromatic rings. The molecule has 1 amide bonds. The van der Waals surface area contributed by atoms with Crippen LogP contribution < -0.4 is 0 Å². The van der Waals surface area contributed by atoms with Gasteiger partial charge in [0, 0.05) is 18.2 Å². The van der Waals surface area contributed by atoms with E-state index in [1.165, 1.54) is 24.6 Å². The summed E-state index contributed by atoms with van der Waals surface area (Å²) in [5, 5.41) is 0.0800. The van der Waals surface area contributed by atoms with E-state index in [4.69, 9.17) is 0 Å². The van der Waals surface area contributed by atoms with Crippen LogP contribution in [-0.4, -0.2) is 34.8 Å². The van der Waals surface area contributed by atoms with E-state index in [0.29, 0.717) is 6.54 Å². The third-order valence-electron chi connectivity index (χ3n) is 3.00. The molecule has 2 aliphatic rings. The van der Waals surface area contributed by atoms with Crippen LogP contribution in [0.25, 0.3) is 0 Å². The van der Waals surface area contributed by atoms with Crippen LogP contribution in [0.4, 0.5) is 4.79 Å². The third kappa shape index (κ3) is 2.11. The predicted molar refractivity (Wildman–Crippen MR) is 56.4 cm³/mol. The van der Waals surface area contributed by atoms with E-state index in [9.17, 15) is 9.59 Å². The monoisotopic (exact) mass is 213 g/mol. The normalized spacial score (nSPS) is 23.4. The summed E-state index contributed by atoms with van der Waals surface area (Å²) in [7, 11) is 0. The van der Waals surface area contributed by atoms with Gasteiger partial charge in [0.05, 0.1) is 6.54 Å². The van der Waals surface area contributed by atoms with Crippen LogP contribution in [0.15, 0.2) is 0 Å². The lowest BCUT2D eigenvalue weighted by atomic mass is 10.0. The number of thioether (sulfide) groups is 1. The van der Waals surface area contributed by atoms with Crippen LogP contribution in [0.1, 0.15) is 25.7 Å². The Morgan fingerprint density at radius 2 is 2.14 bits per heavy atom. The molecule has 2 rings (SSSR count). The van der Waals surface area contributed by atoms with Gasteiger partial charge in [0.15, 0.2) is 5.78 Å². The van der Waals surface area contributed by atoms with E-state index in [2.05, 4.69) is 0 Å². The van der Waals surface area contributed by atoms with Crippen molar-refractivity contribution in [1.29, 1.82) is 0 Å². The first-order valence-corrected chi connectivity index (χ1v) is 6.20. The van der Waals surface area contributed by atoms with E-state index in [1.54, 1.807) is 4.90 Å². The largest absolute Gasteiger partial charge is 0.325 e. The van der Waals surface area contributed by atoms with Gasteiger partial charge in [-0.05, 0) is 12.8 Å². The molecule has 0 atom stereocenters. The summed E-state index contributed by atoms with van der Waals surface area (Å²) in [6, 6.07) is 0. The summed E-state index contributed by atoms with van der Waals surface area (Å²) >= 11 is 1.32. The van der Waals surface area contributed by atoms with Gasteiger partial charge in [0.2, 0.25) is 0 Å². The zero-order valence-corrected chi connectivity index (χ0v) is 9.02. The molecule has 1 saturated heterocycles. The maximum Gasteiger partial charge on any atom is 0.282 e. The van der Waals surface area contributed by atoms with Gasteiger partial charge >= 0.3 is 0 Å². The van der Waals surface area contributed by atoms with Crippen molar-refractivity contribution in [3.8, 4) is 0 Å². The molecule has 0 unspecified atom stereocenters. The predicted octanol–water partition coefficient (Wildman–Crippen LogP) is 1.91. The second kappa shape index (κ2) is 4.34. The Hall–Kier alpha value is -0.510. The Kier molecular flexibility index (Phi) is 3.11. The number of carbonyl (C=O) groups excluding carboxylic acids is 2. The topological polar surface area (TPSA) is 37.4 Å². The molecular weight excluding hydrogens is 198 g/mol. The molecule has 14 heavy (non-hydrogen) atoms. The summed E-state index contributed by atoms with van der Waals surface area (Å²) in [4.78, 5) is 24.7. The minimum absolute atomic E-state index is 0.0800. The molecule has 1 saturated carbocycles. The minimum atomic E-state index is 0.0800. The molecule has 1 heterocycles. The van der Waals surface area contributed by atoms with Crippen molar-refractivity contribution in [2.24, 2.45) is 5.92 Å². The molecule has 4 heteroatoms. The van der Waals surface area contributed by atoms with Crippen molar-refractivity contribution < 1.29 is 9.59 Å². The van der Waals surface area contributed by atoms with Gasteiger partial charge < -0.3 is 4.90 Å². The fourth-order valence-electron chi connectivity index (χ4n) is 2.13. The quantitative estimate of drug-likeness (QED) is 0.718. The maximum atomic E-state index is 11.7. The fourth-order valence-corrected chi connectivity index (χ4v) is 2.96. The van der Waals surface area contributed by atoms with Crippen molar-refractivity contribution in [1.82, 2.24) is 4.90 Å². The van der Waals surface area contributed by atoms with Gasteiger partial charge in [-0.1, -0.05) is 24.6 Å².